The predicted octanol–water partition coefficient (Wildman–Crippen LogP) is 1.92. The number of hydrogen-bond acceptors (Lipinski definition) is 2. The van der Waals surface area contributed by atoms with E-state index >= 15 is 0 Å². The standard InChI is InChI=1S/C9H7ClN2O2/c1-12-4-7(10)6-2-5(9(13)14)3-11-8(6)12/h2-4H,1H3,(H,13,14). The first-order valence-corrected chi connectivity index (χ1v) is 4.31. The summed E-state index contributed by atoms with van der Waals surface area (Å²) in [6.45, 7) is 0. The number of aryl methyl sites for hydroxylation is 1. The highest BCUT2D eigenvalue weighted by Crippen LogP contribution is 2.24. The smallest absolute Gasteiger partial charge is 0.337 e. The number of fused-ring (bicyclic) bond motifs is 1. The average Bonchev–Trinajstić information content (AvgIpc) is 2.42. The molecule has 0 spiro atoms. The van der Waals surface area contributed by atoms with Gasteiger partial charge in [-0.15, -0.1) is 0 Å². The fraction of sp³-hybridized carbons (Fsp3) is 0.111. The summed E-state index contributed by atoms with van der Waals surface area (Å²) in [5.41, 5.74) is 0.825. The van der Waals surface area contributed by atoms with E-state index in [1.54, 1.807) is 10.8 Å². The molecule has 0 aliphatic carbocycles. The SMILES string of the molecule is Cn1cc(Cl)c2cc(C(=O)O)cnc21. The van der Waals surface area contributed by atoms with Gasteiger partial charge in [-0.25, -0.2) is 9.78 Å². The third-order valence-corrected chi connectivity index (χ3v) is 2.31. The van der Waals surface area contributed by atoms with Crippen molar-refractivity contribution in [2.24, 2.45) is 7.05 Å². The first-order chi connectivity index (χ1) is 6.59. The van der Waals surface area contributed by atoms with Crippen LogP contribution < -0.4 is 0 Å². The third kappa shape index (κ3) is 1.24. The van der Waals surface area contributed by atoms with E-state index in [-0.39, 0.29) is 5.56 Å². The van der Waals surface area contributed by atoms with E-state index in [4.69, 9.17) is 16.7 Å². The van der Waals surface area contributed by atoms with Crippen molar-refractivity contribution in [1.82, 2.24) is 9.55 Å². The molecular formula is C9H7ClN2O2. The Kier molecular flexibility index (Phi) is 1.93. The summed E-state index contributed by atoms with van der Waals surface area (Å²) in [5, 5.41) is 9.93. The monoisotopic (exact) mass is 210 g/mol. The first-order valence-electron chi connectivity index (χ1n) is 3.93. The molecule has 2 rings (SSSR count). The molecule has 2 aromatic rings. The van der Waals surface area contributed by atoms with Gasteiger partial charge < -0.3 is 9.67 Å². The predicted molar refractivity (Wildman–Crippen MR) is 52.7 cm³/mol. The number of nitrogens with zero attached hydrogens (tertiary/aromatic N) is 2. The van der Waals surface area contributed by atoms with Gasteiger partial charge in [-0.3, -0.25) is 0 Å². The molecule has 0 aliphatic heterocycles. The van der Waals surface area contributed by atoms with Crippen LogP contribution in [-0.2, 0) is 7.05 Å². The van der Waals surface area contributed by atoms with E-state index in [0.29, 0.717) is 16.1 Å². The highest BCUT2D eigenvalue weighted by molar-refractivity contribution is 6.35. The van der Waals surface area contributed by atoms with Gasteiger partial charge in [-0.1, -0.05) is 11.6 Å². The topological polar surface area (TPSA) is 55.1 Å². The highest BCUT2D eigenvalue weighted by Gasteiger charge is 2.09. The number of carbonyl (C=O) groups is 1. The quantitative estimate of drug-likeness (QED) is 0.783. The zero-order valence-electron chi connectivity index (χ0n) is 7.36. The Balaban J connectivity index is 2.77. The van der Waals surface area contributed by atoms with Crippen LogP contribution in [0.15, 0.2) is 18.5 Å². The molecule has 2 heterocycles. The molecule has 0 saturated carbocycles. The summed E-state index contributed by atoms with van der Waals surface area (Å²) in [5.74, 6) is -1.00. The third-order valence-electron chi connectivity index (χ3n) is 2.01. The second kappa shape index (κ2) is 2.99. The van der Waals surface area contributed by atoms with E-state index in [9.17, 15) is 4.79 Å². The Bertz CT molecular complexity index is 519. The summed E-state index contributed by atoms with van der Waals surface area (Å²) in [6, 6.07) is 1.52. The zero-order chi connectivity index (χ0) is 10.3. The number of aromatic carboxylic acids is 1. The van der Waals surface area contributed by atoms with Crippen LogP contribution in [0.4, 0.5) is 0 Å². The van der Waals surface area contributed by atoms with Crippen LogP contribution in [0.2, 0.25) is 5.02 Å². The number of halogens is 1. The van der Waals surface area contributed by atoms with Gasteiger partial charge in [0.2, 0.25) is 0 Å². The largest absolute Gasteiger partial charge is 0.478 e. The summed E-state index contributed by atoms with van der Waals surface area (Å²) in [4.78, 5) is 14.7. The molecule has 0 amide bonds. The number of hydrogen-bond donors (Lipinski definition) is 1. The lowest BCUT2D eigenvalue weighted by molar-refractivity contribution is 0.0696. The van der Waals surface area contributed by atoms with Crippen LogP contribution >= 0.6 is 11.6 Å². The first kappa shape index (κ1) is 9.02. The molecule has 72 valence electrons. The highest BCUT2D eigenvalue weighted by atomic mass is 35.5. The van der Waals surface area contributed by atoms with E-state index in [0.717, 1.165) is 0 Å². The fourth-order valence-electron chi connectivity index (χ4n) is 1.33. The number of pyridine rings is 1. The lowest BCUT2D eigenvalue weighted by atomic mass is 10.2. The lowest BCUT2D eigenvalue weighted by Gasteiger charge is -1.96. The molecule has 0 atom stereocenters. The van der Waals surface area contributed by atoms with Crippen molar-refractivity contribution < 1.29 is 9.90 Å². The molecule has 0 aliphatic rings. The number of rotatable bonds is 1. The van der Waals surface area contributed by atoms with Gasteiger partial charge in [0.25, 0.3) is 0 Å². The molecular weight excluding hydrogens is 204 g/mol. The minimum atomic E-state index is -1.00. The maximum atomic E-state index is 10.7. The van der Waals surface area contributed by atoms with Gasteiger partial charge in [0.15, 0.2) is 0 Å². The van der Waals surface area contributed by atoms with Crippen LogP contribution in [0.3, 0.4) is 0 Å². The van der Waals surface area contributed by atoms with Crippen LogP contribution in [0, 0.1) is 0 Å². The molecule has 14 heavy (non-hydrogen) atoms. The fourth-order valence-corrected chi connectivity index (χ4v) is 1.62. The van der Waals surface area contributed by atoms with Crippen LogP contribution in [0.25, 0.3) is 11.0 Å². The Labute approximate surface area is 84.7 Å². The van der Waals surface area contributed by atoms with Crippen molar-refractivity contribution in [1.29, 1.82) is 0 Å². The minimum absolute atomic E-state index is 0.144. The van der Waals surface area contributed by atoms with Crippen molar-refractivity contribution in [3.05, 3.63) is 29.0 Å². The normalized spacial score (nSPS) is 10.7. The summed E-state index contributed by atoms with van der Waals surface area (Å²) in [6.07, 6.45) is 3.02. The molecule has 4 nitrogen and oxygen atoms in total. The maximum absolute atomic E-state index is 10.7. The van der Waals surface area contributed by atoms with Gasteiger partial charge in [-0.05, 0) is 6.07 Å². The van der Waals surface area contributed by atoms with E-state index in [1.807, 2.05) is 7.05 Å². The van der Waals surface area contributed by atoms with Gasteiger partial charge in [0, 0.05) is 24.8 Å². The molecule has 1 N–H and O–H groups in total. The van der Waals surface area contributed by atoms with Crippen molar-refractivity contribution in [3.8, 4) is 0 Å². The Morgan fingerprint density at radius 1 is 1.64 bits per heavy atom. The van der Waals surface area contributed by atoms with Crippen molar-refractivity contribution >= 4 is 28.6 Å². The maximum Gasteiger partial charge on any atom is 0.337 e. The Hall–Kier alpha value is -1.55. The molecule has 0 aromatic carbocycles. The molecule has 5 heteroatoms. The molecule has 0 fully saturated rings. The number of carboxylic acids is 1. The van der Waals surface area contributed by atoms with Crippen molar-refractivity contribution in [3.63, 3.8) is 0 Å². The summed E-state index contributed by atoms with van der Waals surface area (Å²) >= 11 is 5.90. The van der Waals surface area contributed by atoms with Gasteiger partial charge in [0.1, 0.15) is 5.65 Å². The lowest BCUT2D eigenvalue weighted by Crippen LogP contribution is -1.97. The van der Waals surface area contributed by atoms with E-state index < -0.39 is 5.97 Å². The average molecular weight is 211 g/mol. The summed E-state index contributed by atoms with van der Waals surface area (Å²) in [7, 11) is 1.81. The molecule has 0 unspecified atom stereocenters. The zero-order valence-corrected chi connectivity index (χ0v) is 8.12. The second-order valence-electron chi connectivity index (χ2n) is 2.99. The van der Waals surface area contributed by atoms with Crippen LogP contribution in [0.5, 0.6) is 0 Å². The van der Waals surface area contributed by atoms with E-state index in [2.05, 4.69) is 4.98 Å². The van der Waals surface area contributed by atoms with Gasteiger partial charge in [0.05, 0.1) is 10.6 Å². The van der Waals surface area contributed by atoms with Crippen molar-refractivity contribution in [2.45, 2.75) is 0 Å². The molecule has 0 radical (unpaired) electrons. The van der Waals surface area contributed by atoms with Crippen LogP contribution in [0.1, 0.15) is 10.4 Å². The van der Waals surface area contributed by atoms with E-state index in [1.165, 1.54) is 12.3 Å². The molecule has 0 bridgehead atoms. The number of aromatic nitrogens is 2. The minimum Gasteiger partial charge on any atom is -0.478 e. The van der Waals surface area contributed by atoms with Gasteiger partial charge >= 0.3 is 5.97 Å². The van der Waals surface area contributed by atoms with Gasteiger partial charge in [-0.2, -0.15) is 0 Å². The Morgan fingerprint density at radius 2 is 2.36 bits per heavy atom. The van der Waals surface area contributed by atoms with Crippen LogP contribution in [-0.4, -0.2) is 20.6 Å². The number of carboxylic acid groups (broad SMARTS) is 1. The second-order valence-corrected chi connectivity index (χ2v) is 3.40. The molecule has 0 saturated heterocycles. The summed E-state index contributed by atoms with van der Waals surface area (Å²) < 4.78 is 1.75. The Morgan fingerprint density at radius 3 is 3.00 bits per heavy atom. The molecule has 2 aromatic heterocycles. The van der Waals surface area contributed by atoms with Crippen molar-refractivity contribution in [2.75, 3.05) is 0 Å².